The first-order chi connectivity index (χ1) is 11.8. The van der Waals surface area contributed by atoms with Gasteiger partial charge in [0.25, 0.3) is 0 Å². The van der Waals surface area contributed by atoms with Crippen molar-refractivity contribution in [2.45, 2.75) is 6.61 Å². The summed E-state index contributed by atoms with van der Waals surface area (Å²) in [6, 6.07) is 16.7. The van der Waals surface area contributed by atoms with Gasteiger partial charge in [-0.2, -0.15) is 0 Å². The zero-order valence-electron chi connectivity index (χ0n) is 13.0. The molecule has 0 amide bonds. The van der Waals surface area contributed by atoms with Gasteiger partial charge in [-0.25, -0.2) is 4.98 Å². The largest absolute Gasteiger partial charge is 0.487 e. The van der Waals surface area contributed by atoms with Crippen LogP contribution in [0, 0.1) is 0 Å². The fourth-order valence-electron chi connectivity index (χ4n) is 2.16. The highest BCUT2D eigenvalue weighted by Gasteiger charge is 2.15. The maximum absolute atomic E-state index is 8.50. The lowest BCUT2D eigenvalue weighted by atomic mass is 10.2. The minimum absolute atomic E-state index is 0.215. The van der Waals surface area contributed by atoms with Gasteiger partial charge in [-0.15, -0.1) is 0 Å². The van der Waals surface area contributed by atoms with E-state index in [4.69, 9.17) is 19.1 Å². The number of rotatable bonds is 6. The lowest BCUT2D eigenvalue weighted by Gasteiger charge is -2.04. The van der Waals surface area contributed by atoms with E-state index in [9.17, 15) is 0 Å². The van der Waals surface area contributed by atoms with Gasteiger partial charge in [0.15, 0.2) is 5.69 Å². The molecule has 0 radical (unpaired) electrons. The van der Waals surface area contributed by atoms with Crippen molar-refractivity contribution >= 4 is 6.21 Å². The molecule has 0 fully saturated rings. The smallest absolute Gasteiger partial charge is 0.312 e. The molecule has 1 N–H and O–H groups in total. The monoisotopic (exact) mass is 324 g/mol. The lowest BCUT2D eigenvalue weighted by Crippen LogP contribution is -1.98. The Hall–Kier alpha value is -3.28. The number of oxime groups is 1. The molecule has 0 spiro atoms. The van der Waals surface area contributed by atoms with Gasteiger partial charge in [-0.3, -0.25) is 0 Å². The molecule has 0 aliphatic rings. The number of oxazole rings is 1. The Kier molecular flexibility index (Phi) is 4.76. The molecule has 1 aromatic heterocycles. The van der Waals surface area contributed by atoms with Gasteiger partial charge in [-0.05, 0) is 42.0 Å². The summed E-state index contributed by atoms with van der Waals surface area (Å²) < 4.78 is 16.6. The standard InChI is InChI=1S/C18H16N2O4/c1-22-18-16(20-17(24-18)14-5-3-2-4-6-14)12-23-15-9-7-13(8-10-15)11-19-21/h2-11,21H,12H2,1H3. The highest BCUT2D eigenvalue weighted by molar-refractivity contribution is 5.79. The number of nitrogens with zero attached hydrogens (tertiary/aromatic N) is 2. The predicted molar refractivity (Wildman–Crippen MR) is 88.6 cm³/mol. The first-order valence-electron chi connectivity index (χ1n) is 7.29. The van der Waals surface area contributed by atoms with Crippen LogP contribution >= 0.6 is 0 Å². The number of benzene rings is 2. The number of methoxy groups -OCH3 is 1. The van der Waals surface area contributed by atoms with Crippen LogP contribution in [-0.2, 0) is 6.61 Å². The third kappa shape index (κ3) is 3.55. The van der Waals surface area contributed by atoms with Gasteiger partial charge in [0.2, 0.25) is 5.89 Å². The molecule has 0 unspecified atom stereocenters. The fraction of sp³-hybridized carbons (Fsp3) is 0.111. The average Bonchev–Trinajstić information content (AvgIpc) is 3.05. The highest BCUT2D eigenvalue weighted by atomic mass is 16.6. The second-order valence-electron chi connectivity index (χ2n) is 4.93. The lowest BCUT2D eigenvalue weighted by molar-refractivity contribution is 0.270. The van der Waals surface area contributed by atoms with Gasteiger partial charge in [0.1, 0.15) is 12.4 Å². The fourth-order valence-corrected chi connectivity index (χ4v) is 2.16. The third-order valence-electron chi connectivity index (χ3n) is 3.33. The normalized spacial score (nSPS) is 10.9. The van der Waals surface area contributed by atoms with Crippen molar-refractivity contribution in [2.24, 2.45) is 5.16 Å². The predicted octanol–water partition coefficient (Wildman–Crippen LogP) is 3.74. The Bertz CT molecular complexity index is 811. The molecular weight excluding hydrogens is 308 g/mol. The molecule has 3 aromatic rings. The summed E-state index contributed by atoms with van der Waals surface area (Å²) in [7, 11) is 1.53. The van der Waals surface area contributed by atoms with Gasteiger partial charge >= 0.3 is 5.95 Å². The summed E-state index contributed by atoms with van der Waals surface area (Å²) in [5.74, 6) is 1.48. The van der Waals surface area contributed by atoms with Crippen LogP contribution < -0.4 is 9.47 Å². The number of aromatic nitrogens is 1. The van der Waals surface area contributed by atoms with Crippen LogP contribution in [0.25, 0.3) is 11.5 Å². The Morgan fingerprint density at radius 1 is 1.12 bits per heavy atom. The minimum Gasteiger partial charge on any atom is -0.487 e. The topological polar surface area (TPSA) is 77.1 Å². The number of ether oxygens (including phenoxy) is 2. The maximum atomic E-state index is 8.50. The molecule has 24 heavy (non-hydrogen) atoms. The molecule has 0 atom stereocenters. The Morgan fingerprint density at radius 2 is 1.88 bits per heavy atom. The van der Waals surface area contributed by atoms with Crippen LogP contribution in [0.15, 0.2) is 64.2 Å². The summed E-state index contributed by atoms with van der Waals surface area (Å²) in [5.41, 5.74) is 2.22. The van der Waals surface area contributed by atoms with Gasteiger partial charge < -0.3 is 19.1 Å². The Balaban J connectivity index is 1.74. The molecule has 0 bridgehead atoms. The summed E-state index contributed by atoms with van der Waals surface area (Å²) in [6.07, 6.45) is 1.34. The molecule has 3 rings (SSSR count). The minimum atomic E-state index is 0.215. The van der Waals surface area contributed by atoms with E-state index in [0.29, 0.717) is 23.3 Å². The number of hydrogen-bond donors (Lipinski definition) is 1. The van der Waals surface area contributed by atoms with Crippen LogP contribution in [0.5, 0.6) is 11.7 Å². The van der Waals surface area contributed by atoms with Crippen molar-refractivity contribution in [3.8, 4) is 23.1 Å². The van der Waals surface area contributed by atoms with Crippen molar-refractivity contribution < 1.29 is 19.1 Å². The van der Waals surface area contributed by atoms with E-state index in [2.05, 4.69) is 10.1 Å². The van der Waals surface area contributed by atoms with Crippen molar-refractivity contribution in [1.82, 2.24) is 4.98 Å². The first kappa shape index (κ1) is 15.6. The second kappa shape index (κ2) is 7.32. The van der Waals surface area contributed by atoms with Crippen molar-refractivity contribution in [3.63, 3.8) is 0 Å². The van der Waals surface area contributed by atoms with E-state index >= 15 is 0 Å². The molecule has 0 saturated carbocycles. The van der Waals surface area contributed by atoms with Crippen LogP contribution in [0.2, 0.25) is 0 Å². The summed E-state index contributed by atoms with van der Waals surface area (Å²) in [5, 5.41) is 11.5. The maximum Gasteiger partial charge on any atom is 0.312 e. The molecule has 0 aliphatic carbocycles. The molecule has 0 aliphatic heterocycles. The molecular formula is C18H16N2O4. The molecule has 2 aromatic carbocycles. The SMILES string of the molecule is COc1oc(-c2ccccc2)nc1COc1ccc(C=NO)cc1. The molecule has 6 nitrogen and oxygen atoms in total. The molecule has 1 heterocycles. The first-order valence-corrected chi connectivity index (χ1v) is 7.29. The van der Waals surface area contributed by atoms with Crippen molar-refractivity contribution in [1.29, 1.82) is 0 Å². The number of hydrogen-bond acceptors (Lipinski definition) is 6. The van der Waals surface area contributed by atoms with Crippen molar-refractivity contribution in [3.05, 3.63) is 65.9 Å². The van der Waals surface area contributed by atoms with Crippen LogP contribution in [-0.4, -0.2) is 23.5 Å². The molecule has 0 saturated heterocycles. The van der Waals surface area contributed by atoms with E-state index in [-0.39, 0.29) is 6.61 Å². The van der Waals surface area contributed by atoms with Gasteiger partial charge in [-0.1, -0.05) is 23.4 Å². The Labute approximate surface area is 139 Å². The van der Waals surface area contributed by atoms with E-state index in [1.807, 2.05) is 30.3 Å². The van der Waals surface area contributed by atoms with Crippen LogP contribution in [0.3, 0.4) is 0 Å². The molecule has 122 valence electrons. The highest BCUT2D eigenvalue weighted by Crippen LogP contribution is 2.28. The second-order valence-corrected chi connectivity index (χ2v) is 4.93. The van der Waals surface area contributed by atoms with Crippen molar-refractivity contribution in [2.75, 3.05) is 7.11 Å². The quantitative estimate of drug-likeness (QED) is 0.424. The summed E-state index contributed by atoms with van der Waals surface area (Å²) in [4.78, 5) is 4.44. The summed E-state index contributed by atoms with van der Waals surface area (Å²) >= 11 is 0. The third-order valence-corrected chi connectivity index (χ3v) is 3.33. The van der Waals surface area contributed by atoms with Gasteiger partial charge in [0.05, 0.1) is 13.3 Å². The van der Waals surface area contributed by atoms with Crippen LogP contribution in [0.4, 0.5) is 0 Å². The zero-order valence-corrected chi connectivity index (χ0v) is 13.0. The van der Waals surface area contributed by atoms with E-state index in [0.717, 1.165) is 11.1 Å². The zero-order chi connectivity index (χ0) is 16.8. The Morgan fingerprint density at radius 3 is 2.54 bits per heavy atom. The van der Waals surface area contributed by atoms with E-state index in [1.165, 1.54) is 13.3 Å². The summed E-state index contributed by atoms with van der Waals surface area (Å²) in [6.45, 7) is 0.215. The van der Waals surface area contributed by atoms with E-state index in [1.54, 1.807) is 24.3 Å². The molecule has 6 heteroatoms. The van der Waals surface area contributed by atoms with Crippen LogP contribution in [0.1, 0.15) is 11.3 Å². The van der Waals surface area contributed by atoms with E-state index < -0.39 is 0 Å². The van der Waals surface area contributed by atoms with Gasteiger partial charge in [0, 0.05) is 5.56 Å². The average molecular weight is 324 g/mol.